The van der Waals surface area contributed by atoms with E-state index in [0.29, 0.717) is 16.6 Å². The highest BCUT2D eigenvalue weighted by molar-refractivity contribution is 8.00. The van der Waals surface area contributed by atoms with Crippen LogP contribution in [0.2, 0.25) is 0 Å². The zero-order chi connectivity index (χ0) is 8.43. The zero-order valence-electron chi connectivity index (χ0n) is 6.79. The average molecular weight is 172 g/mol. The number of esters is 1. The van der Waals surface area contributed by atoms with E-state index in [9.17, 15) is 4.79 Å². The Morgan fingerprint density at radius 1 is 1.64 bits per heavy atom. The van der Waals surface area contributed by atoms with Gasteiger partial charge in [-0.2, -0.15) is 0 Å². The Morgan fingerprint density at radius 2 is 2.27 bits per heavy atom. The van der Waals surface area contributed by atoms with Crippen molar-refractivity contribution in [1.82, 2.24) is 0 Å². The summed E-state index contributed by atoms with van der Waals surface area (Å²) in [4.78, 5) is 11.0. The smallest absolute Gasteiger partial charge is 0.334 e. The second-order valence-corrected chi connectivity index (χ2v) is 4.10. The van der Waals surface area contributed by atoms with Gasteiger partial charge in [0.25, 0.3) is 0 Å². The Balaban J connectivity index is 2.66. The minimum absolute atomic E-state index is 0.00625. The summed E-state index contributed by atoms with van der Waals surface area (Å²) in [5.41, 5.74) is 0.575. The monoisotopic (exact) mass is 172 g/mol. The molecule has 0 spiro atoms. The van der Waals surface area contributed by atoms with Crippen molar-refractivity contribution in [3.8, 4) is 0 Å². The number of thioether (sulfide) groups is 1. The molecule has 1 aliphatic heterocycles. The summed E-state index contributed by atoms with van der Waals surface area (Å²) in [5, 5.41) is 0.373. The summed E-state index contributed by atoms with van der Waals surface area (Å²) >= 11 is 1.71. The van der Waals surface area contributed by atoms with Gasteiger partial charge in [0.05, 0.1) is 0 Å². The molecule has 0 radical (unpaired) electrons. The van der Waals surface area contributed by atoms with Crippen LogP contribution in [0.15, 0.2) is 12.2 Å². The van der Waals surface area contributed by atoms with E-state index in [1.165, 1.54) is 0 Å². The van der Waals surface area contributed by atoms with E-state index in [4.69, 9.17) is 4.74 Å². The van der Waals surface area contributed by atoms with E-state index >= 15 is 0 Å². The molecule has 0 aromatic rings. The molecule has 1 saturated heterocycles. The molecule has 1 fully saturated rings. The predicted octanol–water partition coefficient (Wildman–Crippen LogP) is 1.61. The highest BCUT2D eigenvalue weighted by Gasteiger charge is 2.23. The lowest BCUT2D eigenvalue weighted by atomic mass is 10.3. The van der Waals surface area contributed by atoms with Gasteiger partial charge in [-0.15, -0.1) is 11.8 Å². The summed E-state index contributed by atoms with van der Waals surface area (Å²) in [6.07, 6.45) is 0.00625. The third-order valence-corrected chi connectivity index (χ3v) is 3.19. The van der Waals surface area contributed by atoms with Crippen molar-refractivity contribution in [3.05, 3.63) is 12.2 Å². The van der Waals surface area contributed by atoms with Gasteiger partial charge in [-0.05, 0) is 13.8 Å². The number of rotatable bonds is 0. The van der Waals surface area contributed by atoms with Crippen molar-refractivity contribution >= 4 is 17.7 Å². The standard InChI is InChI=1S/C8H12O2S/c1-5-4-11-7(3)6(2)10-8(5)9/h6-7H,1,4H2,2-3H3. The minimum Gasteiger partial charge on any atom is -0.458 e. The minimum atomic E-state index is -0.241. The second-order valence-electron chi connectivity index (χ2n) is 2.73. The van der Waals surface area contributed by atoms with Crippen molar-refractivity contribution in [1.29, 1.82) is 0 Å². The predicted molar refractivity (Wildman–Crippen MR) is 46.6 cm³/mol. The number of carbonyl (C=O) groups is 1. The van der Waals surface area contributed by atoms with Crippen LogP contribution in [0, 0.1) is 0 Å². The molecule has 0 aliphatic carbocycles. The first-order valence-corrected chi connectivity index (χ1v) is 4.66. The molecule has 0 amide bonds. The number of carbonyl (C=O) groups excluding carboxylic acids is 1. The number of hydrogen-bond donors (Lipinski definition) is 0. The first-order valence-electron chi connectivity index (χ1n) is 3.61. The van der Waals surface area contributed by atoms with Gasteiger partial charge < -0.3 is 4.74 Å². The Bertz CT molecular complexity index is 189. The van der Waals surface area contributed by atoms with Crippen molar-refractivity contribution in [2.75, 3.05) is 5.75 Å². The van der Waals surface area contributed by atoms with Crippen LogP contribution >= 0.6 is 11.8 Å². The molecule has 1 aliphatic rings. The maximum absolute atomic E-state index is 11.0. The van der Waals surface area contributed by atoms with Crippen LogP contribution in [0.25, 0.3) is 0 Å². The van der Waals surface area contributed by atoms with Crippen molar-refractivity contribution < 1.29 is 9.53 Å². The number of hydrogen-bond acceptors (Lipinski definition) is 3. The average Bonchev–Trinajstić information content (AvgIpc) is 2.05. The second kappa shape index (κ2) is 3.30. The van der Waals surface area contributed by atoms with Crippen LogP contribution in [-0.4, -0.2) is 23.1 Å². The first kappa shape index (κ1) is 8.65. The molecular weight excluding hydrogens is 160 g/mol. The number of cyclic esters (lactones) is 1. The molecule has 0 aromatic heterocycles. The fourth-order valence-corrected chi connectivity index (χ4v) is 1.68. The lowest BCUT2D eigenvalue weighted by Crippen LogP contribution is -2.20. The van der Waals surface area contributed by atoms with Gasteiger partial charge in [-0.1, -0.05) is 6.58 Å². The summed E-state index contributed by atoms with van der Waals surface area (Å²) in [6, 6.07) is 0. The van der Waals surface area contributed by atoms with Gasteiger partial charge in [0, 0.05) is 16.6 Å². The summed E-state index contributed by atoms with van der Waals surface area (Å²) in [7, 11) is 0. The van der Waals surface area contributed by atoms with E-state index in [-0.39, 0.29) is 12.1 Å². The summed E-state index contributed by atoms with van der Waals surface area (Å²) < 4.78 is 5.08. The summed E-state index contributed by atoms with van der Waals surface area (Å²) in [5.74, 6) is 0.457. The largest absolute Gasteiger partial charge is 0.458 e. The van der Waals surface area contributed by atoms with E-state index in [2.05, 4.69) is 13.5 Å². The Morgan fingerprint density at radius 3 is 2.91 bits per heavy atom. The highest BCUT2D eigenvalue weighted by Crippen LogP contribution is 2.23. The Hall–Kier alpha value is -0.440. The molecule has 62 valence electrons. The maximum atomic E-state index is 11.0. The lowest BCUT2D eigenvalue weighted by molar-refractivity contribution is -0.142. The fraction of sp³-hybridized carbons (Fsp3) is 0.625. The molecule has 1 heterocycles. The molecule has 2 atom stereocenters. The fourth-order valence-electron chi connectivity index (χ4n) is 0.774. The molecule has 1 rings (SSSR count). The highest BCUT2D eigenvalue weighted by atomic mass is 32.2. The third-order valence-electron chi connectivity index (χ3n) is 1.76. The summed E-state index contributed by atoms with van der Waals surface area (Å²) in [6.45, 7) is 7.60. The topological polar surface area (TPSA) is 26.3 Å². The molecule has 0 saturated carbocycles. The van der Waals surface area contributed by atoms with Gasteiger partial charge in [-0.3, -0.25) is 0 Å². The molecule has 11 heavy (non-hydrogen) atoms. The van der Waals surface area contributed by atoms with Crippen LogP contribution in [-0.2, 0) is 9.53 Å². The molecule has 2 unspecified atom stereocenters. The lowest BCUT2D eigenvalue weighted by Gasteiger charge is -2.14. The molecule has 3 heteroatoms. The molecule has 2 nitrogen and oxygen atoms in total. The van der Waals surface area contributed by atoms with E-state index in [0.717, 1.165) is 0 Å². The SMILES string of the molecule is C=C1CSC(C)C(C)OC1=O. The third kappa shape index (κ3) is 1.99. The quantitative estimate of drug-likeness (QED) is 0.410. The first-order chi connectivity index (χ1) is 5.11. The van der Waals surface area contributed by atoms with Crippen LogP contribution in [0.4, 0.5) is 0 Å². The molecule has 0 bridgehead atoms. The van der Waals surface area contributed by atoms with E-state index in [1.54, 1.807) is 11.8 Å². The number of ether oxygens (including phenoxy) is 1. The van der Waals surface area contributed by atoms with E-state index < -0.39 is 0 Å². The van der Waals surface area contributed by atoms with Gasteiger partial charge in [-0.25, -0.2) is 4.79 Å². The van der Waals surface area contributed by atoms with Crippen LogP contribution in [0.1, 0.15) is 13.8 Å². The van der Waals surface area contributed by atoms with Crippen LogP contribution in [0.3, 0.4) is 0 Å². The van der Waals surface area contributed by atoms with Crippen molar-refractivity contribution in [2.45, 2.75) is 25.2 Å². The van der Waals surface area contributed by atoms with Gasteiger partial charge >= 0.3 is 5.97 Å². The Kier molecular flexibility index (Phi) is 2.60. The van der Waals surface area contributed by atoms with Crippen molar-refractivity contribution in [2.24, 2.45) is 0 Å². The van der Waals surface area contributed by atoms with Crippen LogP contribution in [0.5, 0.6) is 0 Å². The van der Waals surface area contributed by atoms with Crippen LogP contribution < -0.4 is 0 Å². The zero-order valence-corrected chi connectivity index (χ0v) is 7.61. The van der Waals surface area contributed by atoms with Crippen molar-refractivity contribution in [3.63, 3.8) is 0 Å². The van der Waals surface area contributed by atoms with Gasteiger partial charge in [0.15, 0.2) is 0 Å². The molecular formula is C8H12O2S. The normalized spacial score (nSPS) is 32.9. The molecule has 0 aromatic carbocycles. The maximum Gasteiger partial charge on any atom is 0.334 e. The Labute approximate surface area is 71.0 Å². The molecule has 0 N–H and O–H groups in total. The van der Waals surface area contributed by atoms with E-state index in [1.807, 2.05) is 6.92 Å². The van der Waals surface area contributed by atoms with Gasteiger partial charge in [0.2, 0.25) is 0 Å². The van der Waals surface area contributed by atoms with Gasteiger partial charge in [0.1, 0.15) is 6.10 Å².